The second-order valence-electron chi connectivity index (χ2n) is 8.20. The molecule has 0 saturated carbocycles. The molecule has 158 valence electrons. The third-order valence-corrected chi connectivity index (χ3v) is 4.89. The van der Waals surface area contributed by atoms with Gasteiger partial charge in [0.2, 0.25) is 6.17 Å². The van der Waals surface area contributed by atoms with Crippen molar-refractivity contribution in [1.82, 2.24) is 5.32 Å². The van der Waals surface area contributed by atoms with Crippen LogP contribution in [0.4, 0.5) is 10.5 Å². The number of aliphatic imine (C=N–C) groups is 1. The molecule has 1 N–H and O–H groups in total. The molecule has 2 aromatic carbocycles. The smallest absolute Gasteiger partial charge is 0.409 e. The van der Waals surface area contributed by atoms with Crippen LogP contribution in [0.1, 0.15) is 50.3 Å². The molecule has 0 aromatic heterocycles. The van der Waals surface area contributed by atoms with Gasteiger partial charge in [-0.1, -0.05) is 70.2 Å². The number of carbonyl (C=O) groups is 2. The zero-order valence-electron chi connectivity index (χ0n) is 18.0. The normalized spacial score (nSPS) is 15.9. The molecule has 0 aliphatic carbocycles. The number of hydrogen-bond donors (Lipinski definition) is 1. The van der Waals surface area contributed by atoms with Crippen LogP contribution in [0.5, 0.6) is 0 Å². The van der Waals surface area contributed by atoms with Crippen molar-refractivity contribution in [2.24, 2.45) is 10.9 Å². The molecular weight excluding hydrogens is 378 g/mol. The van der Waals surface area contributed by atoms with Crippen molar-refractivity contribution >= 4 is 23.9 Å². The summed E-state index contributed by atoms with van der Waals surface area (Å²) in [6.07, 6.45) is -0.0469. The summed E-state index contributed by atoms with van der Waals surface area (Å²) in [6, 6.07) is 15.5. The Hall–Kier alpha value is -3.15. The summed E-state index contributed by atoms with van der Waals surface area (Å²) in [7, 11) is 0. The summed E-state index contributed by atoms with van der Waals surface area (Å²) in [6.45, 7) is 9.02. The predicted molar refractivity (Wildman–Crippen MR) is 119 cm³/mol. The minimum absolute atomic E-state index is 0.130. The van der Waals surface area contributed by atoms with E-state index in [9.17, 15) is 9.59 Å². The maximum Gasteiger partial charge on any atom is 0.409 e. The monoisotopic (exact) mass is 407 g/mol. The fourth-order valence-corrected chi connectivity index (χ4v) is 3.28. The Kier molecular flexibility index (Phi) is 6.87. The highest BCUT2D eigenvalue weighted by atomic mass is 16.5. The van der Waals surface area contributed by atoms with Crippen molar-refractivity contribution in [2.45, 2.75) is 46.4 Å². The Balaban J connectivity index is 1.78. The van der Waals surface area contributed by atoms with Gasteiger partial charge < -0.3 is 9.64 Å². The molecule has 6 nitrogen and oxygen atoms in total. The summed E-state index contributed by atoms with van der Waals surface area (Å²) in [5.74, 6) is 0.331. The summed E-state index contributed by atoms with van der Waals surface area (Å²) in [4.78, 5) is 31.7. The largest absolute Gasteiger partial charge is 0.445 e. The van der Waals surface area contributed by atoms with Gasteiger partial charge in [0.15, 0.2) is 0 Å². The number of hydrogen-bond acceptors (Lipinski definition) is 4. The SMILES string of the molecule is CC(C)CN1C(=O)[C@@H](NC(=O)OCc2ccccc2)N=Cc2ccc(C(C)C)cc21. The first-order valence-electron chi connectivity index (χ1n) is 10.3. The van der Waals surface area contributed by atoms with Crippen molar-refractivity contribution in [3.05, 3.63) is 65.2 Å². The van der Waals surface area contributed by atoms with Crippen molar-refractivity contribution < 1.29 is 14.3 Å². The summed E-state index contributed by atoms with van der Waals surface area (Å²) < 4.78 is 5.27. The van der Waals surface area contributed by atoms with E-state index in [1.807, 2.05) is 42.5 Å². The molecule has 30 heavy (non-hydrogen) atoms. The van der Waals surface area contributed by atoms with E-state index < -0.39 is 12.3 Å². The molecule has 1 aliphatic rings. The number of rotatable bonds is 6. The predicted octanol–water partition coefficient (Wildman–Crippen LogP) is 4.48. The van der Waals surface area contributed by atoms with Crippen molar-refractivity contribution in [2.75, 3.05) is 11.4 Å². The van der Waals surface area contributed by atoms with Gasteiger partial charge in [-0.2, -0.15) is 0 Å². The molecule has 0 bridgehead atoms. The maximum atomic E-state index is 13.3. The molecule has 1 atom stereocenters. The van der Waals surface area contributed by atoms with Crippen molar-refractivity contribution in [3.8, 4) is 0 Å². The lowest BCUT2D eigenvalue weighted by Gasteiger charge is -2.27. The molecule has 0 spiro atoms. The zero-order chi connectivity index (χ0) is 21.7. The molecule has 6 heteroatoms. The third-order valence-electron chi connectivity index (χ3n) is 4.89. The van der Waals surface area contributed by atoms with Gasteiger partial charge in [0.25, 0.3) is 5.91 Å². The first-order valence-corrected chi connectivity index (χ1v) is 10.3. The van der Waals surface area contributed by atoms with E-state index in [-0.39, 0.29) is 18.4 Å². The quantitative estimate of drug-likeness (QED) is 0.767. The molecule has 3 rings (SSSR count). The Labute approximate surface area is 178 Å². The van der Waals surface area contributed by atoms with E-state index >= 15 is 0 Å². The number of alkyl carbamates (subject to hydrolysis) is 1. The lowest BCUT2D eigenvalue weighted by Crippen LogP contribution is -2.48. The minimum atomic E-state index is -1.03. The van der Waals surface area contributed by atoms with Crippen molar-refractivity contribution in [1.29, 1.82) is 0 Å². The van der Waals surface area contributed by atoms with Gasteiger partial charge in [-0.05, 0) is 29.0 Å². The van der Waals surface area contributed by atoms with Gasteiger partial charge in [-0.25, -0.2) is 4.79 Å². The van der Waals surface area contributed by atoms with Crippen LogP contribution in [0.2, 0.25) is 0 Å². The number of anilines is 1. The van der Waals surface area contributed by atoms with E-state index in [0.29, 0.717) is 12.5 Å². The van der Waals surface area contributed by atoms with E-state index in [0.717, 1.165) is 22.4 Å². The van der Waals surface area contributed by atoms with E-state index in [1.165, 1.54) is 0 Å². The van der Waals surface area contributed by atoms with Crippen LogP contribution in [-0.2, 0) is 16.1 Å². The van der Waals surface area contributed by atoms with Gasteiger partial charge in [-0.15, -0.1) is 0 Å². The highest BCUT2D eigenvalue weighted by Crippen LogP contribution is 2.28. The first-order chi connectivity index (χ1) is 14.3. The summed E-state index contributed by atoms with van der Waals surface area (Å²) >= 11 is 0. The van der Waals surface area contributed by atoms with Gasteiger partial charge >= 0.3 is 6.09 Å². The molecular formula is C24H29N3O3. The zero-order valence-corrected chi connectivity index (χ0v) is 18.0. The van der Waals surface area contributed by atoms with Gasteiger partial charge in [0.1, 0.15) is 6.61 Å². The maximum absolute atomic E-state index is 13.3. The number of fused-ring (bicyclic) bond motifs is 1. The lowest BCUT2D eigenvalue weighted by molar-refractivity contribution is -0.120. The number of benzodiazepines with no additional fused rings is 1. The Morgan fingerprint density at radius 2 is 1.87 bits per heavy atom. The van der Waals surface area contributed by atoms with Crippen LogP contribution in [0, 0.1) is 5.92 Å². The average Bonchev–Trinajstić information content (AvgIpc) is 2.84. The van der Waals surface area contributed by atoms with Crippen LogP contribution >= 0.6 is 0 Å². The third kappa shape index (κ3) is 5.26. The molecule has 0 radical (unpaired) electrons. The molecule has 0 unspecified atom stereocenters. The van der Waals surface area contributed by atoms with Gasteiger partial charge in [-0.3, -0.25) is 15.1 Å². The highest BCUT2D eigenvalue weighted by molar-refractivity contribution is 6.06. The van der Waals surface area contributed by atoms with Crippen LogP contribution in [0.3, 0.4) is 0 Å². The number of benzene rings is 2. The highest BCUT2D eigenvalue weighted by Gasteiger charge is 2.31. The Bertz CT molecular complexity index is 923. The van der Waals surface area contributed by atoms with Crippen LogP contribution < -0.4 is 10.2 Å². The Morgan fingerprint density at radius 3 is 2.53 bits per heavy atom. The standard InChI is InChI=1S/C24H29N3O3/c1-16(2)14-27-21-12-19(17(3)4)10-11-20(21)13-25-22(23(27)28)26-24(29)30-15-18-8-6-5-7-9-18/h5-13,16-17,22H,14-15H2,1-4H3,(H,26,29)/t22-/m1/s1. The van der Waals surface area contributed by atoms with Crippen LogP contribution in [0.15, 0.2) is 53.5 Å². The molecule has 1 heterocycles. The molecule has 1 aliphatic heterocycles. The first kappa shape index (κ1) is 21.6. The number of nitrogens with one attached hydrogen (secondary N) is 1. The fraction of sp³-hybridized carbons (Fsp3) is 0.375. The second kappa shape index (κ2) is 9.57. The molecule has 2 amide bonds. The second-order valence-corrected chi connectivity index (χ2v) is 8.20. The van der Waals surface area contributed by atoms with Gasteiger partial charge in [0, 0.05) is 18.3 Å². The summed E-state index contributed by atoms with van der Waals surface area (Å²) in [5, 5.41) is 2.60. The lowest BCUT2D eigenvalue weighted by atomic mass is 9.99. The molecule has 0 saturated heterocycles. The topological polar surface area (TPSA) is 71.0 Å². The van der Waals surface area contributed by atoms with E-state index in [2.05, 4.69) is 44.1 Å². The average molecular weight is 408 g/mol. The summed E-state index contributed by atoms with van der Waals surface area (Å²) in [5.41, 5.74) is 3.71. The van der Waals surface area contributed by atoms with E-state index in [1.54, 1.807) is 11.1 Å². The Morgan fingerprint density at radius 1 is 1.13 bits per heavy atom. The fourth-order valence-electron chi connectivity index (χ4n) is 3.28. The number of nitrogens with zero attached hydrogens (tertiary/aromatic N) is 2. The number of ether oxygens (including phenoxy) is 1. The molecule has 2 aromatic rings. The van der Waals surface area contributed by atoms with E-state index in [4.69, 9.17) is 4.74 Å². The van der Waals surface area contributed by atoms with Gasteiger partial charge in [0.05, 0.1) is 5.69 Å². The minimum Gasteiger partial charge on any atom is -0.445 e. The molecule has 0 fully saturated rings. The van der Waals surface area contributed by atoms with Crippen LogP contribution in [-0.4, -0.2) is 30.9 Å². The van der Waals surface area contributed by atoms with Crippen LogP contribution in [0.25, 0.3) is 0 Å². The number of amides is 2. The van der Waals surface area contributed by atoms with Crippen molar-refractivity contribution in [3.63, 3.8) is 0 Å². The number of carbonyl (C=O) groups excluding carboxylic acids is 2.